The molecular formula is C17H26N2O2. The molecule has 0 spiro atoms. The molecule has 1 fully saturated rings. The number of likely N-dealkylation sites (tertiary alicyclic amines) is 1. The summed E-state index contributed by atoms with van der Waals surface area (Å²) in [5.74, 6) is 1.65. The van der Waals surface area contributed by atoms with Crippen molar-refractivity contribution in [1.29, 1.82) is 0 Å². The van der Waals surface area contributed by atoms with Gasteiger partial charge in [0.15, 0.2) is 0 Å². The predicted octanol–water partition coefficient (Wildman–Crippen LogP) is 2.35. The largest absolute Gasteiger partial charge is 0.496 e. The molecule has 0 bridgehead atoms. The standard InChI is InChI=1S/C17H26N2O2/c1-13-10-16(4-5-17(13)21-3)12-19-8-6-15(7-9-19)11-18-14(2)20/h4-5,10,15H,6-9,11-12H2,1-3H3,(H,18,20). The maximum Gasteiger partial charge on any atom is 0.216 e. The van der Waals surface area contributed by atoms with Crippen LogP contribution in [0.5, 0.6) is 5.75 Å². The number of nitrogens with zero attached hydrogens (tertiary/aromatic N) is 1. The van der Waals surface area contributed by atoms with Gasteiger partial charge < -0.3 is 10.1 Å². The lowest BCUT2D eigenvalue weighted by atomic mass is 9.96. The van der Waals surface area contributed by atoms with Crippen molar-refractivity contribution in [3.05, 3.63) is 29.3 Å². The zero-order valence-corrected chi connectivity index (χ0v) is 13.3. The Labute approximate surface area is 127 Å². The van der Waals surface area contributed by atoms with E-state index in [1.807, 2.05) is 6.07 Å². The summed E-state index contributed by atoms with van der Waals surface area (Å²) in [6, 6.07) is 6.41. The van der Waals surface area contributed by atoms with Crippen molar-refractivity contribution < 1.29 is 9.53 Å². The second-order valence-corrected chi connectivity index (χ2v) is 5.96. The molecule has 1 aromatic rings. The van der Waals surface area contributed by atoms with Gasteiger partial charge in [0.25, 0.3) is 0 Å². The molecule has 1 aliphatic heterocycles. The summed E-state index contributed by atoms with van der Waals surface area (Å²) < 4.78 is 5.30. The van der Waals surface area contributed by atoms with Crippen LogP contribution in [0.4, 0.5) is 0 Å². The van der Waals surface area contributed by atoms with Gasteiger partial charge in [-0.2, -0.15) is 0 Å². The average Bonchev–Trinajstić information content (AvgIpc) is 2.47. The Morgan fingerprint density at radius 1 is 1.38 bits per heavy atom. The third kappa shape index (κ3) is 4.74. The lowest BCUT2D eigenvalue weighted by molar-refractivity contribution is -0.119. The molecule has 1 amide bonds. The van der Waals surface area contributed by atoms with Gasteiger partial charge in [-0.05, 0) is 56.0 Å². The Bertz CT molecular complexity index is 480. The highest BCUT2D eigenvalue weighted by atomic mass is 16.5. The Hall–Kier alpha value is -1.55. The minimum atomic E-state index is 0.0751. The van der Waals surface area contributed by atoms with Crippen LogP contribution in [0.15, 0.2) is 18.2 Å². The van der Waals surface area contributed by atoms with E-state index in [0.29, 0.717) is 5.92 Å². The van der Waals surface area contributed by atoms with Gasteiger partial charge in [-0.25, -0.2) is 0 Å². The fourth-order valence-electron chi connectivity index (χ4n) is 2.93. The molecule has 4 heteroatoms. The highest BCUT2D eigenvalue weighted by Crippen LogP contribution is 2.22. The summed E-state index contributed by atoms with van der Waals surface area (Å²) in [5, 5.41) is 2.93. The molecule has 0 aromatic heterocycles. The lowest BCUT2D eigenvalue weighted by Gasteiger charge is -2.32. The summed E-state index contributed by atoms with van der Waals surface area (Å²) in [6.07, 6.45) is 2.32. The monoisotopic (exact) mass is 290 g/mol. The number of nitrogens with one attached hydrogen (secondary N) is 1. The first-order valence-electron chi connectivity index (χ1n) is 7.69. The van der Waals surface area contributed by atoms with Crippen LogP contribution in [-0.2, 0) is 11.3 Å². The summed E-state index contributed by atoms with van der Waals surface area (Å²) in [6.45, 7) is 7.70. The Balaban J connectivity index is 1.80. The Kier molecular flexibility index (Phi) is 5.62. The number of amides is 1. The van der Waals surface area contributed by atoms with Gasteiger partial charge >= 0.3 is 0 Å². The molecule has 0 atom stereocenters. The molecule has 0 radical (unpaired) electrons. The maximum atomic E-state index is 10.9. The highest BCUT2D eigenvalue weighted by Gasteiger charge is 2.19. The molecule has 1 N–H and O–H groups in total. The van der Waals surface area contributed by atoms with Crippen LogP contribution in [-0.4, -0.2) is 37.6 Å². The summed E-state index contributed by atoms with van der Waals surface area (Å²) in [4.78, 5) is 13.4. The van der Waals surface area contributed by atoms with Crippen molar-refractivity contribution in [2.24, 2.45) is 5.92 Å². The van der Waals surface area contributed by atoms with Gasteiger partial charge in [0.1, 0.15) is 5.75 Å². The smallest absolute Gasteiger partial charge is 0.216 e. The van der Waals surface area contributed by atoms with Gasteiger partial charge in [-0.15, -0.1) is 0 Å². The third-order valence-corrected chi connectivity index (χ3v) is 4.21. The molecule has 1 aliphatic rings. The Morgan fingerprint density at radius 2 is 2.10 bits per heavy atom. The van der Waals surface area contributed by atoms with E-state index < -0.39 is 0 Å². The highest BCUT2D eigenvalue weighted by molar-refractivity contribution is 5.72. The second kappa shape index (κ2) is 7.46. The van der Waals surface area contributed by atoms with E-state index in [2.05, 4.69) is 29.3 Å². The minimum Gasteiger partial charge on any atom is -0.496 e. The van der Waals surface area contributed by atoms with Crippen molar-refractivity contribution in [2.45, 2.75) is 33.2 Å². The van der Waals surface area contributed by atoms with Crippen LogP contribution in [0.1, 0.15) is 30.9 Å². The number of aryl methyl sites for hydroxylation is 1. The van der Waals surface area contributed by atoms with E-state index in [9.17, 15) is 4.79 Å². The van der Waals surface area contributed by atoms with E-state index in [1.54, 1.807) is 14.0 Å². The van der Waals surface area contributed by atoms with Gasteiger partial charge in [0.05, 0.1) is 7.11 Å². The molecule has 0 unspecified atom stereocenters. The molecule has 2 rings (SSSR count). The van der Waals surface area contributed by atoms with Crippen LogP contribution in [0.25, 0.3) is 0 Å². The van der Waals surface area contributed by atoms with Gasteiger partial charge in [-0.1, -0.05) is 12.1 Å². The SMILES string of the molecule is COc1ccc(CN2CCC(CNC(C)=O)CC2)cc1C. The minimum absolute atomic E-state index is 0.0751. The van der Waals surface area contributed by atoms with Crippen LogP contribution in [0, 0.1) is 12.8 Å². The third-order valence-electron chi connectivity index (χ3n) is 4.21. The lowest BCUT2D eigenvalue weighted by Crippen LogP contribution is -2.37. The summed E-state index contributed by atoms with van der Waals surface area (Å²) in [7, 11) is 1.71. The van der Waals surface area contributed by atoms with Crippen molar-refractivity contribution in [3.8, 4) is 5.75 Å². The number of benzene rings is 1. The van der Waals surface area contributed by atoms with E-state index in [1.165, 1.54) is 11.1 Å². The zero-order chi connectivity index (χ0) is 15.2. The first kappa shape index (κ1) is 15.8. The molecule has 1 saturated heterocycles. The molecule has 4 nitrogen and oxygen atoms in total. The number of ether oxygens (including phenoxy) is 1. The van der Waals surface area contributed by atoms with Gasteiger partial charge in [-0.3, -0.25) is 9.69 Å². The second-order valence-electron chi connectivity index (χ2n) is 5.96. The molecule has 21 heavy (non-hydrogen) atoms. The van der Waals surface area contributed by atoms with Crippen LogP contribution >= 0.6 is 0 Å². The first-order valence-corrected chi connectivity index (χ1v) is 7.69. The summed E-state index contributed by atoms with van der Waals surface area (Å²) in [5.41, 5.74) is 2.53. The number of methoxy groups -OCH3 is 1. The predicted molar refractivity (Wildman–Crippen MR) is 84.4 cm³/mol. The molecular weight excluding hydrogens is 264 g/mol. The van der Waals surface area contributed by atoms with Crippen LogP contribution < -0.4 is 10.1 Å². The van der Waals surface area contributed by atoms with E-state index in [0.717, 1.165) is 44.8 Å². The maximum absolute atomic E-state index is 10.9. The molecule has 0 aliphatic carbocycles. The Morgan fingerprint density at radius 3 is 2.67 bits per heavy atom. The van der Waals surface area contributed by atoms with E-state index >= 15 is 0 Å². The number of piperidine rings is 1. The fraction of sp³-hybridized carbons (Fsp3) is 0.588. The van der Waals surface area contributed by atoms with Gasteiger partial charge in [0.2, 0.25) is 5.91 Å². The quantitative estimate of drug-likeness (QED) is 0.905. The van der Waals surface area contributed by atoms with Crippen molar-refractivity contribution in [1.82, 2.24) is 10.2 Å². The average molecular weight is 290 g/mol. The number of carbonyl (C=O) groups is 1. The van der Waals surface area contributed by atoms with Crippen molar-refractivity contribution >= 4 is 5.91 Å². The first-order chi connectivity index (χ1) is 10.1. The number of hydrogen-bond acceptors (Lipinski definition) is 3. The van der Waals surface area contributed by atoms with Crippen LogP contribution in [0.3, 0.4) is 0 Å². The molecule has 1 heterocycles. The summed E-state index contributed by atoms with van der Waals surface area (Å²) >= 11 is 0. The normalized spacial score (nSPS) is 16.7. The van der Waals surface area contributed by atoms with E-state index in [-0.39, 0.29) is 5.91 Å². The van der Waals surface area contributed by atoms with Crippen LogP contribution in [0.2, 0.25) is 0 Å². The molecule has 1 aromatic carbocycles. The van der Waals surface area contributed by atoms with Crippen molar-refractivity contribution in [3.63, 3.8) is 0 Å². The number of carbonyl (C=O) groups excluding carboxylic acids is 1. The molecule has 116 valence electrons. The zero-order valence-electron chi connectivity index (χ0n) is 13.3. The topological polar surface area (TPSA) is 41.6 Å². The number of rotatable bonds is 5. The van der Waals surface area contributed by atoms with Gasteiger partial charge in [0, 0.05) is 20.0 Å². The van der Waals surface area contributed by atoms with E-state index in [4.69, 9.17) is 4.74 Å². The number of hydrogen-bond donors (Lipinski definition) is 1. The molecule has 0 saturated carbocycles. The fourth-order valence-corrected chi connectivity index (χ4v) is 2.93. The van der Waals surface area contributed by atoms with Crippen molar-refractivity contribution in [2.75, 3.05) is 26.7 Å².